The van der Waals surface area contributed by atoms with Gasteiger partial charge in [0.15, 0.2) is 5.69 Å². The number of ether oxygens (including phenoxy) is 1. The summed E-state index contributed by atoms with van der Waals surface area (Å²) in [6.07, 6.45) is 1.79. The van der Waals surface area contributed by atoms with Crippen molar-refractivity contribution in [2.75, 3.05) is 6.61 Å². The molecule has 1 aliphatic rings. The molecular formula is C15H16N2O2. The standard InChI is InChI=1S/C15H16N2O2/c1-3-19-15(18)13-12-9-8-10-6-4-5-7-11(10)14(12)17(2)16-13/h4-7H,3,8-9H2,1-2H3. The maximum atomic E-state index is 11.9. The molecule has 0 saturated heterocycles. The maximum Gasteiger partial charge on any atom is 0.359 e. The molecule has 0 bridgehead atoms. The Labute approximate surface area is 112 Å². The first-order valence-electron chi connectivity index (χ1n) is 6.53. The summed E-state index contributed by atoms with van der Waals surface area (Å²) in [5, 5.41) is 4.35. The molecule has 98 valence electrons. The number of carbonyl (C=O) groups is 1. The Morgan fingerprint density at radius 1 is 1.37 bits per heavy atom. The van der Waals surface area contributed by atoms with E-state index in [1.54, 1.807) is 4.68 Å². The van der Waals surface area contributed by atoms with Crippen LogP contribution in [0.3, 0.4) is 0 Å². The van der Waals surface area contributed by atoms with Gasteiger partial charge in [-0.3, -0.25) is 4.68 Å². The number of fused-ring (bicyclic) bond motifs is 3. The van der Waals surface area contributed by atoms with Gasteiger partial charge >= 0.3 is 5.97 Å². The summed E-state index contributed by atoms with van der Waals surface area (Å²) in [4.78, 5) is 11.9. The van der Waals surface area contributed by atoms with Gasteiger partial charge < -0.3 is 4.74 Å². The fourth-order valence-corrected chi connectivity index (χ4v) is 2.73. The predicted molar refractivity (Wildman–Crippen MR) is 72.0 cm³/mol. The molecule has 1 aromatic carbocycles. The number of benzene rings is 1. The van der Waals surface area contributed by atoms with Crippen molar-refractivity contribution in [1.82, 2.24) is 9.78 Å². The van der Waals surface area contributed by atoms with Crippen LogP contribution in [0.5, 0.6) is 0 Å². The van der Waals surface area contributed by atoms with Gasteiger partial charge in [-0.05, 0) is 25.3 Å². The molecule has 0 saturated carbocycles. The Hall–Kier alpha value is -2.10. The third-order valence-corrected chi connectivity index (χ3v) is 3.53. The fourth-order valence-electron chi connectivity index (χ4n) is 2.73. The van der Waals surface area contributed by atoms with Gasteiger partial charge in [0.2, 0.25) is 0 Å². The molecule has 0 fully saturated rings. The molecule has 0 aliphatic heterocycles. The Morgan fingerprint density at radius 2 is 2.16 bits per heavy atom. The van der Waals surface area contributed by atoms with Gasteiger partial charge in [-0.15, -0.1) is 0 Å². The number of hydrogen-bond donors (Lipinski definition) is 0. The van der Waals surface area contributed by atoms with Crippen LogP contribution in [0.25, 0.3) is 11.3 Å². The van der Waals surface area contributed by atoms with E-state index in [2.05, 4.69) is 17.2 Å². The highest BCUT2D eigenvalue weighted by molar-refractivity contribution is 5.92. The van der Waals surface area contributed by atoms with Crippen molar-refractivity contribution in [2.45, 2.75) is 19.8 Å². The highest BCUT2D eigenvalue weighted by atomic mass is 16.5. The number of aromatic nitrogens is 2. The summed E-state index contributed by atoms with van der Waals surface area (Å²) in [6, 6.07) is 8.29. The largest absolute Gasteiger partial charge is 0.461 e. The maximum absolute atomic E-state index is 11.9. The first-order valence-corrected chi connectivity index (χ1v) is 6.53. The van der Waals surface area contributed by atoms with Crippen LogP contribution in [0.15, 0.2) is 24.3 Å². The van der Waals surface area contributed by atoms with E-state index < -0.39 is 0 Å². The second-order valence-electron chi connectivity index (χ2n) is 4.68. The van der Waals surface area contributed by atoms with Crippen molar-refractivity contribution >= 4 is 5.97 Å². The second kappa shape index (κ2) is 4.53. The summed E-state index contributed by atoms with van der Waals surface area (Å²) in [5.74, 6) is -0.321. The van der Waals surface area contributed by atoms with Gasteiger partial charge in [0.1, 0.15) is 0 Å². The summed E-state index contributed by atoms with van der Waals surface area (Å²) in [6.45, 7) is 2.18. The third kappa shape index (κ3) is 1.84. The first-order chi connectivity index (χ1) is 9.22. The number of esters is 1. The molecule has 0 N–H and O–H groups in total. The van der Waals surface area contributed by atoms with E-state index in [9.17, 15) is 4.79 Å². The first kappa shape index (κ1) is 12.0. The minimum absolute atomic E-state index is 0.321. The number of nitrogens with zero attached hydrogens (tertiary/aromatic N) is 2. The van der Waals surface area contributed by atoms with Crippen LogP contribution in [0.4, 0.5) is 0 Å². The summed E-state index contributed by atoms with van der Waals surface area (Å²) < 4.78 is 6.87. The van der Waals surface area contributed by atoms with Crippen LogP contribution in [0.2, 0.25) is 0 Å². The smallest absolute Gasteiger partial charge is 0.359 e. The average molecular weight is 256 g/mol. The molecular weight excluding hydrogens is 240 g/mol. The van der Waals surface area contributed by atoms with Crippen molar-refractivity contribution in [3.05, 3.63) is 41.1 Å². The molecule has 0 unspecified atom stereocenters. The normalized spacial score (nSPS) is 12.7. The van der Waals surface area contributed by atoms with Gasteiger partial charge in [0.05, 0.1) is 12.3 Å². The quantitative estimate of drug-likeness (QED) is 0.775. The Morgan fingerprint density at radius 3 is 2.95 bits per heavy atom. The summed E-state index contributed by atoms with van der Waals surface area (Å²) >= 11 is 0. The number of aryl methyl sites for hydroxylation is 2. The average Bonchev–Trinajstić information content (AvgIpc) is 2.77. The lowest BCUT2D eigenvalue weighted by Crippen LogP contribution is -2.10. The van der Waals surface area contributed by atoms with E-state index in [-0.39, 0.29) is 5.97 Å². The van der Waals surface area contributed by atoms with E-state index in [1.165, 1.54) is 11.1 Å². The third-order valence-electron chi connectivity index (χ3n) is 3.53. The number of hydrogen-bond acceptors (Lipinski definition) is 3. The van der Waals surface area contributed by atoms with Crippen LogP contribution in [-0.4, -0.2) is 22.4 Å². The molecule has 4 heteroatoms. The molecule has 1 heterocycles. The molecule has 1 aliphatic carbocycles. The van der Waals surface area contributed by atoms with Gasteiger partial charge in [0.25, 0.3) is 0 Å². The molecule has 4 nitrogen and oxygen atoms in total. The zero-order chi connectivity index (χ0) is 13.4. The molecule has 3 rings (SSSR count). The van der Waals surface area contributed by atoms with Crippen molar-refractivity contribution in [1.29, 1.82) is 0 Å². The molecule has 1 aromatic heterocycles. The Balaban J connectivity index is 2.15. The van der Waals surface area contributed by atoms with Crippen LogP contribution < -0.4 is 0 Å². The van der Waals surface area contributed by atoms with Crippen molar-refractivity contribution in [3.63, 3.8) is 0 Å². The molecule has 0 spiro atoms. The minimum Gasteiger partial charge on any atom is -0.461 e. The summed E-state index contributed by atoms with van der Waals surface area (Å²) in [5.41, 5.74) is 5.01. The van der Waals surface area contributed by atoms with E-state index in [1.807, 2.05) is 26.1 Å². The lowest BCUT2D eigenvalue weighted by Gasteiger charge is -2.17. The monoisotopic (exact) mass is 256 g/mol. The van der Waals surface area contributed by atoms with E-state index >= 15 is 0 Å². The fraction of sp³-hybridized carbons (Fsp3) is 0.333. The predicted octanol–water partition coefficient (Wildman–Crippen LogP) is 2.36. The summed E-state index contributed by atoms with van der Waals surface area (Å²) in [7, 11) is 1.88. The van der Waals surface area contributed by atoms with E-state index in [4.69, 9.17) is 4.74 Å². The minimum atomic E-state index is -0.321. The zero-order valence-corrected chi connectivity index (χ0v) is 11.1. The van der Waals surface area contributed by atoms with Gasteiger partial charge in [0, 0.05) is 18.2 Å². The molecule has 2 aromatic rings. The van der Waals surface area contributed by atoms with Crippen LogP contribution >= 0.6 is 0 Å². The molecule has 0 radical (unpaired) electrons. The van der Waals surface area contributed by atoms with Gasteiger partial charge in [-0.25, -0.2) is 4.79 Å². The number of carbonyl (C=O) groups excluding carboxylic acids is 1. The van der Waals surface area contributed by atoms with E-state index in [0.717, 1.165) is 24.1 Å². The van der Waals surface area contributed by atoms with Crippen LogP contribution in [0.1, 0.15) is 28.5 Å². The molecule has 19 heavy (non-hydrogen) atoms. The van der Waals surface area contributed by atoms with Gasteiger partial charge in [-0.2, -0.15) is 5.10 Å². The van der Waals surface area contributed by atoms with Crippen molar-refractivity contribution < 1.29 is 9.53 Å². The highest BCUT2D eigenvalue weighted by Crippen LogP contribution is 2.34. The van der Waals surface area contributed by atoms with Crippen molar-refractivity contribution in [3.8, 4) is 11.3 Å². The van der Waals surface area contributed by atoms with E-state index in [0.29, 0.717) is 12.3 Å². The Kier molecular flexibility index (Phi) is 2.85. The Bertz CT molecular complexity index is 644. The number of rotatable bonds is 2. The topological polar surface area (TPSA) is 44.1 Å². The van der Waals surface area contributed by atoms with Crippen molar-refractivity contribution in [2.24, 2.45) is 7.05 Å². The lowest BCUT2D eigenvalue weighted by atomic mass is 9.89. The van der Waals surface area contributed by atoms with Gasteiger partial charge in [-0.1, -0.05) is 24.3 Å². The molecule has 0 atom stereocenters. The highest BCUT2D eigenvalue weighted by Gasteiger charge is 2.27. The van der Waals surface area contributed by atoms with Crippen LogP contribution in [0, 0.1) is 0 Å². The molecule has 0 amide bonds. The lowest BCUT2D eigenvalue weighted by molar-refractivity contribution is 0.0517. The second-order valence-corrected chi connectivity index (χ2v) is 4.68. The van der Waals surface area contributed by atoms with Crippen LogP contribution in [-0.2, 0) is 24.6 Å². The SMILES string of the molecule is CCOC(=O)c1nn(C)c2c1CCc1ccccc1-2. The zero-order valence-electron chi connectivity index (χ0n) is 11.1.